The number of para-hydroxylation sites is 1. The topological polar surface area (TPSA) is 84.5 Å². The SMILES string of the molecule is CCOC(=O)Nc1ccc(S(=O)(=O)Nc2ccccc2C(F)(F)F)cc1. The highest BCUT2D eigenvalue weighted by atomic mass is 32.2. The molecule has 0 fully saturated rings. The number of hydrogen-bond donors (Lipinski definition) is 2. The quantitative estimate of drug-likeness (QED) is 0.809. The Kier molecular flexibility index (Phi) is 5.76. The van der Waals surface area contributed by atoms with Crippen molar-refractivity contribution in [2.45, 2.75) is 18.0 Å². The fraction of sp³-hybridized carbons (Fsp3) is 0.188. The highest BCUT2D eigenvalue weighted by molar-refractivity contribution is 7.92. The molecule has 0 heterocycles. The van der Waals surface area contributed by atoms with Crippen molar-refractivity contribution in [1.29, 1.82) is 0 Å². The van der Waals surface area contributed by atoms with E-state index in [9.17, 15) is 26.4 Å². The Hall–Kier alpha value is -2.75. The minimum Gasteiger partial charge on any atom is -0.450 e. The average molecular weight is 388 g/mol. The number of ether oxygens (including phenoxy) is 1. The molecule has 0 saturated carbocycles. The fourth-order valence-corrected chi connectivity index (χ4v) is 3.11. The van der Waals surface area contributed by atoms with Crippen LogP contribution < -0.4 is 10.0 Å². The summed E-state index contributed by atoms with van der Waals surface area (Å²) in [6.45, 7) is 1.79. The first kappa shape index (κ1) is 19.6. The number of carbonyl (C=O) groups excluding carboxylic acids is 1. The molecular formula is C16H15F3N2O4S. The third-order valence-electron chi connectivity index (χ3n) is 3.16. The molecule has 0 aliphatic rings. The Labute approximate surface area is 148 Å². The number of nitrogens with one attached hydrogen (secondary N) is 2. The van der Waals surface area contributed by atoms with Gasteiger partial charge >= 0.3 is 12.3 Å². The van der Waals surface area contributed by atoms with Crippen molar-refractivity contribution in [3.63, 3.8) is 0 Å². The smallest absolute Gasteiger partial charge is 0.418 e. The Morgan fingerprint density at radius 1 is 1.08 bits per heavy atom. The van der Waals surface area contributed by atoms with Crippen LogP contribution in [-0.2, 0) is 20.9 Å². The zero-order valence-corrected chi connectivity index (χ0v) is 14.3. The highest BCUT2D eigenvalue weighted by Crippen LogP contribution is 2.35. The van der Waals surface area contributed by atoms with E-state index in [1.165, 1.54) is 18.2 Å². The molecule has 0 aliphatic carbocycles. The van der Waals surface area contributed by atoms with Crippen molar-refractivity contribution in [3.8, 4) is 0 Å². The number of benzene rings is 2. The van der Waals surface area contributed by atoms with Crippen molar-refractivity contribution in [1.82, 2.24) is 0 Å². The van der Waals surface area contributed by atoms with Crippen LogP contribution in [0.3, 0.4) is 0 Å². The second-order valence-corrected chi connectivity index (χ2v) is 6.70. The van der Waals surface area contributed by atoms with Crippen LogP contribution >= 0.6 is 0 Å². The lowest BCUT2D eigenvalue weighted by Crippen LogP contribution is -2.17. The zero-order valence-electron chi connectivity index (χ0n) is 13.5. The molecule has 10 heteroatoms. The Morgan fingerprint density at radius 2 is 1.69 bits per heavy atom. The van der Waals surface area contributed by atoms with Gasteiger partial charge in [-0.1, -0.05) is 12.1 Å². The molecule has 2 N–H and O–H groups in total. The monoisotopic (exact) mass is 388 g/mol. The van der Waals surface area contributed by atoms with Crippen LogP contribution in [0.2, 0.25) is 0 Å². The zero-order chi connectivity index (χ0) is 19.4. The molecule has 0 spiro atoms. The summed E-state index contributed by atoms with van der Waals surface area (Å²) in [6.07, 6.45) is -5.41. The van der Waals surface area contributed by atoms with Gasteiger partial charge in [0.2, 0.25) is 0 Å². The van der Waals surface area contributed by atoms with Crippen molar-refractivity contribution >= 4 is 27.5 Å². The van der Waals surface area contributed by atoms with E-state index in [2.05, 4.69) is 10.1 Å². The first-order valence-electron chi connectivity index (χ1n) is 7.36. The molecular weight excluding hydrogens is 373 g/mol. The van der Waals surface area contributed by atoms with E-state index in [0.29, 0.717) is 0 Å². The number of carbonyl (C=O) groups is 1. The predicted octanol–water partition coefficient (Wildman–Crippen LogP) is 4.07. The molecule has 26 heavy (non-hydrogen) atoms. The normalized spacial score (nSPS) is 11.7. The second kappa shape index (κ2) is 7.65. The summed E-state index contributed by atoms with van der Waals surface area (Å²) in [5.41, 5.74) is -1.39. The maximum atomic E-state index is 13.0. The number of sulfonamides is 1. The van der Waals surface area contributed by atoms with Gasteiger partial charge in [-0.3, -0.25) is 10.0 Å². The lowest BCUT2D eigenvalue weighted by molar-refractivity contribution is -0.136. The summed E-state index contributed by atoms with van der Waals surface area (Å²) in [5.74, 6) is 0. The molecule has 0 atom stereocenters. The standard InChI is InChI=1S/C16H15F3N2O4S/c1-2-25-15(22)20-11-7-9-12(10-8-11)26(23,24)21-14-6-4-3-5-13(14)16(17,18)19/h3-10,21H,2H2,1H3,(H,20,22). The Bertz CT molecular complexity index is 881. The molecule has 2 aromatic rings. The average Bonchev–Trinajstić information content (AvgIpc) is 2.54. The van der Waals surface area contributed by atoms with Gasteiger partial charge in [0.1, 0.15) is 0 Å². The molecule has 1 amide bonds. The molecule has 2 rings (SSSR count). The van der Waals surface area contributed by atoms with Gasteiger partial charge in [-0.15, -0.1) is 0 Å². The van der Waals surface area contributed by atoms with Gasteiger partial charge in [0, 0.05) is 5.69 Å². The van der Waals surface area contributed by atoms with Crippen molar-refractivity contribution in [2.75, 3.05) is 16.6 Å². The number of amides is 1. The minimum absolute atomic E-state index is 0.167. The first-order chi connectivity index (χ1) is 12.1. The van der Waals surface area contributed by atoms with E-state index >= 15 is 0 Å². The van der Waals surface area contributed by atoms with Crippen molar-refractivity contribution in [2.24, 2.45) is 0 Å². The largest absolute Gasteiger partial charge is 0.450 e. The summed E-state index contributed by atoms with van der Waals surface area (Å²) in [5, 5.41) is 2.38. The molecule has 0 saturated heterocycles. The Morgan fingerprint density at radius 3 is 2.27 bits per heavy atom. The third kappa shape index (κ3) is 4.88. The number of halogens is 3. The molecule has 0 radical (unpaired) electrons. The molecule has 0 bridgehead atoms. The molecule has 140 valence electrons. The van der Waals surface area contributed by atoms with Crippen molar-refractivity contribution < 1.29 is 31.1 Å². The van der Waals surface area contributed by atoms with Crippen LogP contribution in [0.25, 0.3) is 0 Å². The lowest BCUT2D eigenvalue weighted by atomic mass is 10.2. The van der Waals surface area contributed by atoms with Gasteiger partial charge in [0.15, 0.2) is 0 Å². The summed E-state index contributed by atoms with van der Waals surface area (Å²) in [7, 11) is -4.25. The van der Waals surface area contributed by atoms with E-state index in [-0.39, 0.29) is 17.2 Å². The van der Waals surface area contributed by atoms with Gasteiger partial charge in [-0.25, -0.2) is 13.2 Å². The van der Waals surface area contributed by atoms with Gasteiger partial charge in [-0.05, 0) is 43.3 Å². The van der Waals surface area contributed by atoms with Crippen LogP contribution in [-0.4, -0.2) is 21.1 Å². The summed E-state index contributed by atoms with van der Waals surface area (Å²) >= 11 is 0. The second-order valence-electron chi connectivity index (χ2n) is 5.02. The van der Waals surface area contributed by atoms with Crippen LogP contribution in [0.4, 0.5) is 29.3 Å². The van der Waals surface area contributed by atoms with Gasteiger partial charge in [0.25, 0.3) is 10.0 Å². The summed E-state index contributed by atoms with van der Waals surface area (Å²) < 4.78 is 70.2. The van der Waals surface area contributed by atoms with E-state index in [4.69, 9.17) is 0 Å². The van der Waals surface area contributed by atoms with E-state index in [0.717, 1.165) is 30.3 Å². The molecule has 6 nitrogen and oxygen atoms in total. The maximum absolute atomic E-state index is 13.0. The van der Waals surface area contributed by atoms with Crippen LogP contribution in [0.15, 0.2) is 53.4 Å². The van der Waals surface area contributed by atoms with Gasteiger partial charge < -0.3 is 4.74 Å². The Balaban J connectivity index is 2.23. The van der Waals surface area contributed by atoms with Crippen LogP contribution in [0.1, 0.15) is 12.5 Å². The molecule has 0 aromatic heterocycles. The highest BCUT2D eigenvalue weighted by Gasteiger charge is 2.34. The number of alkyl halides is 3. The lowest BCUT2D eigenvalue weighted by Gasteiger charge is -2.14. The summed E-state index contributed by atoms with van der Waals surface area (Å²) in [4.78, 5) is 11.0. The minimum atomic E-state index is -4.70. The summed E-state index contributed by atoms with van der Waals surface area (Å²) in [6, 6.07) is 9.15. The maximum Gasteiger partial charge on any atom is 0.418 e. The van der Waals surface area contributed by atoms with Gasteiger partial charge in [0.05, 0.1) is 22.8 Å². The van der Waals surface area contributed by atoms with E-state index in [1.807, 2.05) is 4.72 Å². The number of hydrogen-bond acceptors (Lipinski definition) is 4. The number of anilines is 2. The van der Waals surface area contributed by atoms with Crippen LogP contribution in [0, 0.1) is 0 Å². The molecule has 0 aliphatic heterocycles. The predicted molar refractivity (Wildman–Crippen MR) is 89.3 cm³/mol. The van der Waals surface area contributed by atoms with E-state index in [1.54, 1.807) is 6.92 Å². The first-order valence-corrected chi connectivity index (χ1v) is 8.84. The molecule has 0 unspecified atom stereocenters. The van der Waals surface area contributed by atoms with Crippen LogP contribution in [0.5, 0.6) is 0 Å². The molecule has 2 aromatic carbocycles. The third-order valence-corrected chi connectivity index (χ3v) is 4.54. The van der Waals surface area contributed by atoms with E-state index < -0.39 is 33.5 Å². The fourth-order valence-electron chi connectivity index (χ4n) is 2.03. The van der Waals surface area contributed by atoms with Gasteiger partial charge in [-0.2, -0.15) is 13.2 Å². The van der Waals surface area contributed by atoms with Crippen molar-refractivity contribution in [3.05, 3.63) is 54.1 Å². The number of rotatable bonds is 5.